The zero-order chi connectivity index (χ0) is 29.7. The number of thiocarbonyl (C=S) groups is 1. The number of piperidine rings is 1. The number of nitriles is 1. The van der Waals surface area contributed by atoms with Crippen molar-refractivity contribution in [3.8, 4) is 6.07 Å². The van der Waals surface area contributed by atoms with Crippen LogP contribution in [0.5, 0.6) is 0 Å². The number of anilines is 1. The molecule has 2 aliphatic heterocycles. The Balaban J connectivity index is 1.84. The van der Waals surface area contributed by atoms with Gasteiger partial charge in [0.15, 0.2) is 0 Å². The van der Waals surface area contributed by atoms with E-state index >= 15 is 0 Å². The number of unbranched alkanes of at least 4 members (excludes halogenated alkanes) is 1. The fourth-order valence-electron chi connectivity index (χ4n) is 5.46. The molecule has 0 radical (unpaired) electrons. The molecule has 216 valence electrons. The van der Waals surface area contributed by atoms with Crippen molar-refractivity contribution in [2.75, 3.05) is 24.6 Å². The average molecular weight is 593 g/mol. The molecule has 2 unspecified atom stereocenters. The van der Waals surface area contributed by atoms with E-state index in [1.165, 1.54) is 11.8 Å². The number of hydrogen-bond acceptors (Lipinski definition) is 8. The Hall–Kier alpha value is -3.42. The van der Waals surface area contributed by atoms with Gasteiger partial charge < -0.3 is 9.64 Å². The third-order valence-corrected chi connectivity index (χ3v) is 9.02. The van der Waals surface area contributed by atoms with E-state index in [0.29, 0.717) is 58.8 Å². The van der Waals surface area contributed by atoms with Gasteiger partial charge >= 0.3 is 5.97 Å². The zero-order valence-corrected chi connectivity index (χ0v) is 25.6. The van der Waals surface area contributed by atoms with Gasteiger partial charge in [-0.3, -0.25) is 23.9 Å². The van der Waals surface area contributed by atoms with Crippen LogP contribution in [0.1, 0.15) is 74.8 Å². The summed E-state index contributed by atoms with van der Waals surface area (Å²) in [6.07, 6.45) is 4.83. The van der Waals surface area contributed by atoms with Crippen LogP contribution in [0.4, 0.5) is 5.82 Å². The lowest BCUT2D eigenvalue weighted by atomic mass is 9.96. The van der Waals surface area contributed by atoms with Crippen molar-refractivity contribution in [1.29, 1.82) is 5.26 Å². The molecule has 2 saturated heterocycles. The van der Waals surface area contributed by atoms with Gasteiger partial charge in [-0.05, 0) is 57.2 Å². The number of nitrogens with zero attached hydrogens (tertiary/aromatic N) is 4. The fourth-order valence-corrected chi connectivity index (χ4v) is 6.86. The van der Waals surface area contributed by atoms with Crippen molar-refractivity contribution in [2.45, 2.75) is 66.0 Å². The van der Waals surface area contributed by atoms with Crippen LogP contribution < -0.4 is 10.5 Å². The van der Waals surface area contributed by atoms with Crippen LogP contribution in [0.2, 0.25) is 0 Å². The first-order valence-electron chi connectivity index (χ1n) is 14.1. The Kier molecular flexibility index (Phi) is 10.1. The van der Waals surface area contributed by atoms with Gasteiger partial charge in [-0.1, -0.05) is 67.7 Å². The highest BCUT2D eigenvalue weighted by Crippen LogP contribution is 2.40. The Labute approximate surface area is 251 Å². The van der Waals surface area contributed by atoms with Crippen molar-refractivity contribution in [1.82, 2.24) is 9.47 Å². The summed E-state index contributed by atoms with van der Waals surface area (Å²) in [5, 5.41) is 9.98. The van der Waals surface area contributed by atoms with E-state index < -0.39 is 0 Å². The number of amides is 1. The fraction of sp³-hybridized carbons (Fsp3) is 0.452. The van der Waals surface area contributed by atoms with Crippen molar-refractivity contribution in [2.24, 2.45) is 5.92 Å². The van der Waals surface area contributed by atoms with Gasteiger partial charge in [-0.25, -0.2) is 0 Å². The number of aromatic nitrogens is 1. The molecule has 0 N–H and O–H groups in total. The van der Waals surface area contributed by atoms with Crippen LogP contribution >= 0.6 is 24.0 Å². The van der Waals surface area contributed by atoms with Gasteiger partial charge in [0.1, 0.15) is 21.8 Å². The van der Waals surface area contributed by atoms with Crippen LogP contribution in [0.3, 0.4) is 0 Å². The summed E-state index contributed by atoms with van der Waals surface area (Å²) >= 11 is 6.88. The molecule has 1 aromatic carbocycles. The van der Waals surface area contributed by atoms with E-state index in [1.807, 2.05) is 44.2 Å². The number of hydrogen-bond donors (Lipinski definition) is 0. The molecule has 8 nitrogen and oxygen atoms in total. The SMILES string of the molecule is CCCCn1c(N2CCCC(C(=O)OCC)C2)c(/C=C2\SC(=S)N(C(C)c3ccccc3)C2=O)c(C)c(C#N)c1=O. The molecule has 0 bridgehead atoms. The largest absolute Gasteiger partial charge is 0.466 e. The minimum atomic E-state index is -0.353. The summed E-state index contributed by atoms with van der Waals surface area (Å²) in [5.74, 6) is -0.153. The highest BCUT2D eigenvalue weighted by atomic mass is 32.2. The average Bonchev–Trinajstić information content (AvgIpc) is 3.26. The van der Waals surface area contributed by atoms with Crippen molar-refractivity contribution in [3.05, 3.63) is 67.8 Å². The van der Waals surface area contributed by atoms with Gasteiger partial charge in [0.05, 0.1) is 23.5 Å². The van der Waals surface area contributed by atoms with E-state index in [1.54, 1.807) is 29.4 Å². The molecule has 2 aromatic rings. The standard InChI is InChI=1S/C31H36N4O4S2/c1-5-7-16-34-27(33-15-11-14-23(19-33)30(38)39-6-2)24(20(3)25(18-32)28(34)36)17-26-29(37)35(31(40)41-26)21(4)22-12-9-8-10-13-22/h8-10,12-13,17,21,23H,5-7,11,14-16,19H2,1-4H3/b26-17-. The predicted molar refractivity (Wildman–Crippen MR) is 167 cm³/mol. The number of benzene rings is 1. The monoisotopic (exact) mass is 592 g/mol. The van der Waals surface area contributed by atoms with E-state index in [4.69, 9.17) is 17.0 Å². The molecule has 2 fully saturated rings. The number of esters is 1. The van der Waals surface area contributed by atoms with Crippen molar-refractivity contribution in [3.63, 3.8) is 0 Å². The minimum absolute atomic E-state index is 0.0585. The van der Waals surface area contributed by atoms with E-state index in [0.717, 1.165) is 24.8 Å². The summed E-state index contributed by atoms with van der Waals surface area (Å²) in [7, 11) is 0. The molecular formula is C31H36N4O4S2. The van der Waals surface area contributed by atoms with Gasteiger partial charge in [-0.15, -0.1) is 0 Å². The Morgan fingerprint density at radius 1 is 1.27 bits per heavy atom. The van der Waals surface area contributed by atoms with Crippen LogP contribution in [0, 0.1) is 24.2 Å². The van der Waals surface area contributed by atoms with Gasteiger partial charge in [-0.2, -0.15) is 5.26 Å². The number of carbonyl (C=O) groups is 2. The van der Waals surface area contributed by atoms with Crippen LogP contribution in [-0.2, 0) is 20.9 Å². The second kappa shape index (κ2) is 13.5. The molecule has 0 saturated carbocycles. The summed E-state index contributed by atoms with van der Waals surface area (Å²) in [6.45, 7) is 9.29. The first-order chi connectivity index (χ1) is 19.7. The van der Waals surface area contributed by atoms with E-state index in [2.05, 4.69) is 11.0 Å². The second-order valence-corrected chi connectivity index (χ2v) is 12.0. The lowest BCUT2D eigenvalue weighted by Crippen LogP contribution is -2.43. The van der Waals surface area contributed by atoms with Gasteiger partial charge in [0.2, 0.25) is 0 Å². The summed E-state index contributed by atoms with van der Waals surface area (Å²) in [6, 6.07) is 11.6. The lowest BCUT2D eigenvalue weighted by molar-refractivity contribution is -0.148. The molecule has 10 heteroatoms. The van der Waals surface area contributed by atoms with Gasteiger partial charge in [0, 0.05) is 25.2 Å². The Morgan fingerprint density at radius 3 is 2.66 bits per heavy atom. The summed E-state index contributed by atoms with van der Waals surface area (Å²) in [5.41, 5.74) is 1.83. The molecule has 41 heavy (non-hydrogen) atoms. The summed E-state index contributed by atoms with van der Waals surface area (Å²) < 4.78 is 7.43. The molecule has 0 aliphatic carbocycles. The lowest BCUT2D eigenvalue weighted by Gasteiger charge is -2.36. The van der Waals surface area contributed by atoms with Crippen LogP contribution in [-0.4, -0.2) is 45.4 Å². The Bertz CT molecular complexity index is 1460. The number of pyridine rings is 1. The predicted octanol–water partition coefficient (Wildman–Crippen LogP) is 5.57. The first kappa shape index (κ1) is 30.5. The van der Waals surface area contributed by atoms with Crippen LogP contribution in [0.15, 0.2) is 40.0 Å². The zero-order valence-electron chi connectivity index (χ0n) is 24.0. The molecule has 2 atom stereocenters. The normalized spacial score (nSPS) is 19.0. The smallest absolute Gasteiger partial charge is 0.310 e. The highest BCUT2D eigenvalue weighted by Gasteiger charge is 2.37. The number of ether oxygens (including phenoxy) is 1. The van der Waals surface area contributed by atoms with Crippen LogP contribution in [0.25, 0.3) is 6.08 Å². The third-order valence-electron chi connectivity index (χ3n) is 7.69. The first-order valence-corrected chi connectivity index (χ1v) is 15.4. The quantitative estimate of drug-likeness (QED) is 0.212. The van der Waals surface area contributed by atoms with E-state index in [9.17, 15) is 19.6 Å². The third kappa shape index (κ3) is 6.26. The van der Waals surface area contributed by atoms with E-state index in [-0.39, 0.29) is 35.0 Å². The topological polar surface area (TPSA) is 95.6 Å². The maximum absolute atomic E-state index is 13.8. The molecule has 0 spiro atoms. The molecule has 1 amide bonds. The number of thioether (sulfide) groups is 1. The van der Waals surface area contributed by atoms with Crippen molar-refractivity contribution < 1.29 is 14.3 Å². The number of rotatable bonds is 9. The van der Waals surface area contributed by atoms with Gasteiger partial charge in [0.25, 0.3) is 11.5 Å². The molecular weight excluding hydrogens is 556 g/mol. The molecule has 3 heterocycles. The molecule has 4 rings (SSSR count). The second-order valence-electron chi connectivity index (χ2n) is 10.3. The highest BCUT2D eigenvalue weighted by molar-refractivity contribution is 8.26. The molecule has 1 aromatic heterocycles. The number of carbonyl (C=O) groups excluding carboxylic acids is 2. The van der Waals surface area contributed by atoms with Crippen molar-refractivity contribution >= 4 is 52.1 Å². The maximum atomic E-state index is 13.8. The minimum Gasteiger partial charge on any atom is -0.466 e. The maximum Gasteiger partial charge on any atom is 0.310 e. The molecule has 2 aliphatic rings. The summed E-state index contributed by atoms with van der Waals surface area (Å²) in [4.78, 5) is 44.2. The Morgan fingerprint density at radius 2 is 2.00 bits per heavy atom.